The summed E-state index contributed by atoms with van der Waals surface area (Å²) < 4.78 is 27.4. The van der Waals surface area contributed by atoms with Crippen molar-refractivity contribution in [3.8, 4) is 0 Å². The number of benzene rings is 2. The smallest absolute Gasteiger partial charge is 0.276 e. The molecule has 3 aromatic rings. The van der Waals surface area contributed by atoms with Crippen molar-refractivity contribution in [2.45, 2.75) is 4.21 Å². The number of nitro benzene ring substituents is 1. The first-order valence-electron chi connectivity index (χ1n) is 8.77. The first-order valence-corrected chi connectivity index (χ1v) is 11.1. The number of nitro groups is 1. The number of hydrogen-bond donors (Lipinski definition) is 2. The number of nitrogens with one attached hydrogen (secondary N) is 2. The lowest BCUT2D eigenvalue weighted by Gasteiger charge is -2.10. The first kappa shape index (κ1) is 21.9. The van der Waals surface area contributed by atoms with Crippen LogP contribution in [0.5, 0.6) is 0 Å². The van der Waals surface area contributed by atoms with Crippen LogP contribution in [-0.4, -0.2) is 25.5 Å². The van der Waals surface area contributed by atoms with Gasteiger partial charge in [0.2, 0.25) is 0 Å². The molecule has 31 heavy (non-hydrogen) atoms. The predicted octanol–water partition coefficient (Wildman–Crippen LogP) is 3.89. The van der Waals surface area contributed by atoms with Gasteiger partial charge in [-0.1, -0.05) is 30.3 Å². The molecule has 0 fully saturated rings. The molecule has 0 spiro atoms. The topological polar surface area (TPSA) is 131 Å². The van der Waals surface area contributed by atoms with Gasteiger partial charge in [-0.05, 0) is 41.8 Å². The van der Waals surface area contributed by atoms with Crippen molar-refractivity contribution in [2.24, 2.45) is 5.10 Å². The first-order chi connectivity index (χ1) is 14.9. The molecule has 1 heterocycles. The van der Waals surface area contributed by atoms with Crippen LogP contribution in [0, 0.1) is 10.1 Å². The molecule has 0 radical (unpaired) electrons. The van der Waals surface area contributed by atoms with Gasteiger partial charge in [0.25, 0.3) is 21.6 Å². The summed E-state index contributed by atoms with van der Waals surface area (Å²) in [4.78, 5) is 22.9. The molecule has 0 aliphatic rings. The molecule has 2 aromatic carbocycles. The summed E-state index contributed by atoms with van der Waals surface area (Å²) in [5.74, 6) is -0.625. The summed E-state index contributed by atoms with van der Waals surface area (Å²) >= 11 is 1.06. The monoisotopic (exact) mass is 456 g/mol. The van der Waals surface area contributed by atoms with E-state index in [1.165, 1.54) is 42.6 Å². The number of hydrazone groups is 1. The van der Waals surface area contributed by atoms with E-state index in [0.717, 1.165) is 11.3 Å². The van der Waals surface area contributed by atoms with Crippen molar-refractivity contribution < 1.29 is 18.1 Å². The zero-order valence-electron chi connectivity index (χ0n) is 15.8. The Bertz CT molecular complexity index is 1250. The molecule has 0 aliphatic carbocycles. The molecule has 0 unspecified atom stereocenters. The standard InChI is InChI=1S/C20H16N4O5S2/c25-20(22-21-13-5-8-15-7-1-4-11-18(15)24(26)27)16-9-2-3-10-17(16)23-31(28,29)19-12-6-14-30-19/h1-14,23H,(H,22,25)/b8-5+,21-13-. The molecular formula is C20H16N4O5S2. The molecule has 0 atom stereocenters. The van der Waals surface area contributed by atoms with Crippen molar-refractivity contribution in [3.05, 3.63) is 93.4 Å². The van der Waals surface area contributed by atoms with E-state index in [9.17, 15) is 23.3 Å². The third-order valence-corrected chi connectivity index (χ3v) is 6.67. The number of hydrogen-bond acceptors (Lipinski definition) is 7. The molecule has 0 bridgehead atoms. The van der Waals surface area contributed by atoms with E-state index < -0.39 is 20.9 Å². The maximum atomic E-state index is 12.4. The van der Waals surface area contributed by atoms with Crippen LogP contribution in [0.15, 0.2) is 81.4 Å². The highest BCUT2D eigenvalue weighted by Gasteiger charge is 2.19. The zero-order chi connectivity index (χ0) is 22.3. The van der Waals surface area contributed by atoms with Gasteiger partial charge >= 0.3 is 0 Å². The highest BCUT2D eigenvalue weighted by molar-refractivity contribution is 7.94. The quantitative estimate of drug-likeness (QED) is 0.302. The van der Waals surface area contributed by atoms with Gasteiger partial charge in [0.05, 0.1) is 21.7 Å². The van der Waals surface area contributed by atoms with E-state index in [0.29, 0.717) is 5.56 Å². The Balaban J connectivity index is 1.69. The van der Waals surface area contributed by atoms with Crippen molar-refractivity contribution in [2.75, 3.05) is 4.72 Å². The predicted molar refractivity (Wildman–Crippen MR) is 120 cm³/mol. The molecule has 0 aliphatic heterocycles. The number of carbonyl (C=O) groups is 1. The number of thiophene rings is 1. The minimum absolute atomic E-state index is 0.0527. The summed E-state index contributed by atoms with van der Waals surface area (Å²) in [5.41, 5.74) is 2.83. The lowest BCUT2D eigenvalue weighted by molar-refractivity contribution is -0.385. The number of amides is 1. The van der Waals surface area contributed by atoms with Gasteiger partial charge in [-0.2, -0.15) is 5.10 Å². The number of rotatable bonds is 8. The number of carbonyl (C=O) groups excluding carboxylic acids is 1. The summed E-state index contributed by atoms with van der Waals surface area (Å²) in [6.07, 6.45) is 4.18. The second-order valence-electron chi connectivity index (χ2n) is 5.98. The number of anilines is 1. The molecular weight excluding hydrogens is 440 g/mol. The fraction of sp³-hybridized carbons (Fsp3) is 0. The minimum atomic E-state index is -3.81. The maximum absolute atomic E-state index is 12.4. The van der Waals surface area contributed by atoms with Crippen LogP contribution < -0.4 is 10.1 Å². The fourth-order valence-electron chi connectivity index (χ4n) is 2.52. The van der Waals surface area contributed by atoms with E-state index in [4.69, 9.17) is 0 Å². The van der Waals surface area contributed by atoms with E-state index in [2.05, 4.69) is 15.2 Å². The van der Waals surface area contributed by atoms with Gasteiger partial charge in [0.15, 0.2) is 0 Å². The highest BCUT2D eigenvalue weighted by Crippen LogP contribution is 2.23. The minimum Gasteiger partial charge on any atom is -0.278 e. The Morgan fingerprint density at radius 2 is 1.81 bits per heavy atom. The molecule has 9 nitrogen and oxygen atoms in total. The lowest BCUT2D eigenvalue weighted by atomic mass is 10.1. The number of para-hydroxylation sites is 2. The summed E-state index contributed by atoms with van der Waals surface area (Å²) in [6.45, 7) is 0. The van der Waals surface area contributed by atoms with Crippen molar-refractivity contribution in [1.82, 2.24) is 5.43 Å². The van der Waals surface area contributed by atoms with Gasteiger partial charge in [-0.25, -0.2) is 13.8 Å². The number of nitrogens with zero attached hydrogens (tertiary/aromatic N) is 2. The van der Waals surface area contributed by atoms with Crippen molar-refractivity contribution >= 4 is 50.9 Å². The summed E-state index contributed by atoms with van der Waals surface area (Å²) in [6, 6.07) is 15.4. The van der Waals surface area contributed by atoms with E-state index in [1.54, 1.807) is 41.8 Å². The summed E-state index contributed by atoms with van der Waals surface area (Å²) in [7, 11) is -3.81. The normalized spacial score (nSPS) is 11.6. The van der Waals surface area contributed by atoms with E-state index in [-0.39, 0.29) is 21.1 Å². The Kier molecular flexibility index (Phi) is 6.90. The van der Waals surface area contributed by atoms with E-state index >= 15 is 0 Å². The SMILES string of the molecule is O=C(N/N=C\C=C\c1ccccc1[N+](=O)[O-])c1ccccc1NS(=O)(=O)c1cccs1. The second-order valence-corrected chi connectivity index (χ2v) is 8.83. The third kappa shape index (κ3) is 5.62. The van der Waals surface area contributed by atoms with Crippen molar-refractivity contribution in [3.63, 3.8) is 0 Å². The fourth-order valence-corrected chi connectivity index (χ4v) is 4.59. The van der Waals surface area contributed by atoms with Crippen LogP contribution >= 0.6 is 11.3 Å². The van der Waals surface area contributed by atoms with Crippen LogP contribution in [0.2, 0.25) is 0 Å². The largest absolute Gasteiger partial charge is 0.278 e. The van der Waals surface area contributed by atoms with E-state index in [1.807, 2.05) is 0 Å². The summed E-state index contributed by atoms with van der Waals surface area (Å²) in [5, 5.41) is 16.4. The molecule has 1 aromatic heterocycles. The van der Waals surface area contributed by atoms with Gasteiger partial charge in [0.1, 0.15) is 4.21 Å². The van der Waals surface area contributed by atoms with Gasteiger partial charge < -0.3 is 0 Å². The van der Waals surface area contributed by atoms with Gasteiger partial charge in [-0.3, -0.25) is 19.6 Å². The molecule has 2 N–H and O–H groups in total. The maximum Gasteiger partial charge on any atom is 0.276 e. The molecule has 1 amide bonds. The Hall–Kier alpha value is -3.83. The third-order valence-electron chi connectivity index (χ3n) is 3.91. The lowest BCUT2D eigenvalue weighted by Crippen LogP contribution is -2.21. The molecule has 0 saturated heterocycles. The molecule has 0 saturated carbocycles. The Morgan fingerprint density at radius 3 is 2.55 bits per heavy atom. The van der Waals surface area contributed by atoms with Crippen molar-refractivity contribution in [1.29, 1.82) is 0 Å². The van der Waals surface area contributed by atoms with Gasteiger partial charge in [0, 0.05) is 12.3 Å². The van der Waals surface area contributed by atoms with Crippen LogP contribution in [0.3, 0.4) is 0 Å². The van der Waals surface area contributed by atoms with Crippen LogP contribution in [-0.2, 0) is 10.0 Å². The number of allylic oxidation sites excluding steroid dienone is 1. The highest BCUT2D eigenvalue weighted by atomic mass is 32.2. The average Bonchev–Trinajstić information content (AvgIpc) is 3.30. The molecule has 158 valence electrons. The Labute approximate surface area is 181 Å². The average molecular weight is 457 g/mol. The zero-order valence-corrected chi connectivity index (χ0v) is 17.5. The van der Waals surface area contributed by atoms with Crippen LogP contribution in [0.25, 0.3) is 6.08 Å². The Morgan fingerprint density at radius 1 is 1.06 bits per heavy atom. The molecule has 11 heteroatoms. The van der Waals surface area contributed by atoms with Gasteiger partial charge in [-0.15, -0.1) is 11.3 Å². The van der Waals surface area contributed by atoms with Crippen LogP contribution in [0.4, 0.5) is 11.4 Å². The second kappa shape index (κ2) is 9.78. The van der Waals surface area contributed by atoms with Crippen LogP contribution in [0.1, 0.15) is 15.9 Å². The molecule has 3 rings (SSSR count). The number of sulfonamides is 1.